The molecule has 1 aromatic rings. The Bertz CT molecular complexity index is 1060. The summed E-state index contributed by atoms with van der Waals surface area (Å²) in [6.07, 6.45) is 6.36. The normalized spacial score (nSPS) is 15.1. The minimum atomic E-state index is -1.06. The highest BCUT2D eigenvalue weighted by Gasteiger charge is 2.37. The van der Waals surface area contributed by atoms with E-state index in [-0.39, 0.29) is 50.7 Å². The first kappa shape index (κ1) is 41.9. The smallest absolute Gasteiger partial charge is 0.322 e. The molecule has 0 radical (unpaired) electrons. The van der Waals surface area contributed by atoms with Crippen molar-refractivity contribution < 1.29 is 47.8 Å². The number of carbonyl (C=O) groups excluding carboxylic acids is 3. The zero-order chi connectivity index (χ0) is 34.4. The summed E-state index contributed by atoms with van der Waals surface area (Å²) >= 11 is 7.13. The number of methoxy groups -OCH3 is 2. The van der Waals surface area contributed by atoms with Crippen molar-refractivity contribution in [1.29, 1.82) is 0 Å². The van der Waals surface area contributed by atoms with Gasteiger partial charge in [-0.1, -0.05) is 68.3 Å². The predicted octanol–water partition coefficient (Wildman–Crippen LogP) is 6.11. The van der Waals surface area contributed by atoms with Gasteiger partial charge in [0, 0.05) is 0 Å². The van der Waals surface area contributed by atoms with Gasteiger partial charge in [0.05, 0.1) is 63.4 Å². The van der Waals surface area contributed by atoms with Crippen LogP contribution in [0.5, 0.6) is 0 Å². The highest BCUT2D eigenvalue weighted by atomic mass is 79.9. The van der Waals surface area contributed by atoms with Gasteiger partial charge in [0.15, 0.2) is 0 Å². The molecule has 0 bridgehead atoms. The van der Waals surface area contributed by atoms with Crippen LogP contribution < -0.4 is 0 Å². The number of carbonyl (C=O) groups is 3. The van der Waals surface area contributed by atoms with Crippen molar-refractivity contribution in [3.05, 3.63) is 60.7 Å². The van der Waals surface area contributed by atoms with Crippen molar-refractivity contribution in [2.75, 3.05) is 60.5 Å². The summed E-state index contributed by atoms with van der Waals surface area (Å²) in [5.41, 5.74) is 2.12. The van der Waals surface area contributed by atoms with Crippen LogP contribution in [0.2, 0.25) is 0 Å². The first-order valence-corrected chi connectivity index (χ1v) is 16.9. The van der Waals surface area contributed by atoms with Gasteiger partial charge in [-0.2, -0.15) is 0 Å². The second kappa shape index (κ2) is 23.3. The summed E-state index contributed by atoms with van der Waals surface area (Å²) in [6, 6.07) is 8.08. The predicted molar refractivity (Wildman–Crippen MR) is 183 cm³/mol. The fourth-order valence-electron chi connectivity index (χ4n) is 4.61. The van der Waals surface area contributed by atoms with Gasteiger partial charge in [0.2, 0.25) is 0 Å². The maximum Gasteiger partial charge on any atom is 0.322 e. The fourth-order valence-corrected chi connectivity index (χ4v) is 5.60. The molecule has 0 spiro atoms. The lowest BCUT2D eigenvalue weighted by molar-refractivity contribution is -0.302. The molecule has 0 heterocycles. The molecular formula is C34H50Br2O10. The van der Waals surface area contributed by atoms with Gasteiger partial charge in [-0.3, -0.25) is 14.4 Å². The van der Waals surface area contributed by atoms with Crippen LogP contribution in [0.4, 0.5) is 0 Å². The van der Waals surface area contributed by atoms with E-state index in [1.165, 1.54) is 14.2 Å². The minimum absolute atomic E-state index is 0.107. The zero-order valence-corrected chi connectivity index (χ0v) is 30.7. The highest BCUT2D eigenvalue weighted by Crippen LogP contribution is 2.32. The first-order valence-electron chi connectivity index (χ1n) is 15.3. The van der Waals surface area contributed by atoms with Gasteiger partial charge >= 0.3 is 17.9 Å². The molecule has 4 unspecified atom stereocenters. The third-order valence-electron chi connectivity index (χ3n) is 7.07. The number of aryl methyl sites for hydroxylation is 2. The van der Waals surface area contributed by atoms with Gasteiger partial charge in [0.25, 0.3) is 0 Å². The van der Waals surface area contributed by atoms with Gasteiger partial charge < -0.3 is 23.7 Å². The topological polar surface area (TPSA) is 116 Å². The molecule has 0 aliphatic heterocycles. The molecule has 0 amide bonds. The van der Waals surface area contributed by atoms with Crippen LogP contribution in [0.1, 0.15) is 50.7 Å². The Morgan fingerprint density at radius 1 is 0.761 bits per heavy atom. The highest BCUT2D eigenvalue weighted by molar-refractivity contribution is 9.10. The zero-order valence-electron chi connectivity index (χ0n) is 27.6. The molecule has 12 heteroatoms. The molecule has 10 nitrogen and oxygen atoms in total. The van der Waals surface area contributed by atoms with E-state index in [4.69, 9.17) is 33.5 Å². The van der Waals surface area contributed by atoms with Crippen LogP contribution in [0.15, 0.2) is 49.6 Å². The number of hydrogen-bond acceptors (Lipinski definition) is 10. The van der Waals surface area contributed by atoms with Gasteiger partial charge in [-0.05, 0) is 63.5 Å². The van der Waals surface area contributed by atoms with E-state index in [0.717, 1.165) is 11.1 Å². The van der Waals surface area contributed by atoms with Crippen molar-refractivity contribution in [3.63, 3.8) is 0 Å². The number of ether oxygens (including phenoxy) is 5. The first-order chi connectivity index (χ1) is 21.9. The van der Waals surface area contributed by atoms with Crippen LogP contribution in [-0.2, 0) is 60.7 Å². The maximum atomic E-state index is 12.7. The largest absolute Gasteiger partial charge is 0.469 e. The summed E-state index contributed by atoms with van der Waals surface area (Å²) in [5, 5.41) is 0. The van der Waals surface area contributed by atoms with Crippen LogP contribution in [0.25, 0.3) is 0 Å². The van der Waals surface area contributed by atoms with Gasteiger partial charge in [-0.15, -0.1) is 13.2 Å². The fraction of sp³-hybridized carbons (Fsp3) is 0.618. The average molecular weight is 779 g/mol. The van der Waals surface area contributed by atoms with Crippen molar-refractivity contribution in [1.82, 2.24) is 0 Å². The monoisotopic (exact) mass is 776 g/mol. The van der Waals surface area contributed by atoms with E-state index in [2.05, 4.69) is 45.0 Å². The number of benzene rings is 1. The van der Waals surface area contributed by atoms with E-state index >= 15 is 0 Å². The summed E-state index contributed by atoms with van der Waals surface area (Å²) in [5.74, 6) is -1.99. The van der Waals surface area contributed by atoms with E-state index in [1.54, 1.807) is 19.1 Å². The summed E-state index contributed by atoms with van der Waals surface area (Å²) in [4.78, 5) is 48.3. The van der Waals surface area contributed by atoms with Gasteiger partial charge in [-0.25, -0.2) is 9.78 Å². The molecule has 0 fully saturated rings. The molecular weight excluding hydrogens is 728 g/mol. The molecule has 0 aliphatic rings. The second-order valence-corrected chi connectivity index (χ2v) is 15.0. The molecule has 0 aliphatic carbocycles. The lowest BCUT2D eigenvalue weighted by atomic mass is 9.89. The minimum Gasteiger partial charge on any atom is -0.469 e. The molecule has 0 saturated heterocycles. The number of rotatable bonds is 26. The number of hydrogen-bond donors (Lipinski definition) is 0. The standard InChI is InChI=1S/C34H50Br2O10/c1-7-17-42-19-21-44-32(39)34(4,36)24-29(31(38)41-6)16-14-27-11-9-26(10-12-27)13-15-28(30(37)40-5)23-33(3,35)25-46-45-22-20-43-18-8-2/h7-12,28-29H,1-2,13-25H2,3-6H3. The quantitative estimate of drug-likeness (QED) is 0.0208. The van der Waals surface area contributed by atoms with Crippen LogP contribution in [-0.4, -0.2) is 87.0 Å². The van der Waals surface area contributed by atoms with Crippen molar-refractivity contribution >= 4 is 49.8 Å². The van der Waals surface area contributed by atoms with Crippen molar-refractivity contribution in [3.8, 4) is 0 Å². The summed E-state index contributed by atoms with van der Waals surface area (Å²) in [7, 11) is 2.73. The Morgan fingerprint density at radius 2 is 1.24 bits per heavy atom. The Labute approximate surface area is 290 Å². The molecule has 4 atom stereocenters. The average Bonchev–Trinajstić information content (AvgIpc) is 3.03. The Hall–Kier alpha value is -2.09. The Balaban J connectivity index is 2.67. The van der Waals surface area contributed by atoms with E-state index < -0.39 is 20.5 Å². The van der Waals surface area contributed by atoms with E-state index in [9.17, 15) is 14.4 Å². The molecule has 260 valence electrons. The molecule has 0 aromatic heterocycles. The lowest BCUT2D eigenvalue weighted by Crippen LogP contribution is -2.36. The number of alkyl halides is 2. The third kappa shape index (κ3) is 17.7. The van der Waals surface area contributed by atoms with Gasteiger partial charge in [0.1, 0.15) is 17.5 Å². The van der Waals surface area contributed by atoms with Crippen LogP contribution in [0.3, 0.4) is 0 Å². The third-order valence-corrected chi connectivity index (χ3v) is 8.27. The molecule has 1 rings (SSSR count). The molecule has 0 N–H and O–H groups in total. The molecule has 0 saturated carbocycles. The van der Waals surface area contributed by atoms with E-state index in [0.29, 0.717) is 51.9 Å². The van der Waals surface area contributed by atoms with E-state index in [1.807, 2.05) is 31.2 Å². The van der Waals surface area contributed by atoms with Crippen molar-refractivity contribution in [2.24, 2.45) is 11.8 Å². The van der Waals surface area contributed by atoms with Crippen molar-refractivity contribution in [2.45, 2.75) is 61.0 Å². The second-order valence-electron chi connectivity index (χ2n) is 11.3. The summed E-state index contributed by atoms with van der Waals surface area (Å²) < 4.78 is 24.4. The SMILES string of the molecule is C=CCOCCOOCC(C)(Br)CC(CCc1ccc(CCC(CC(C)(Br)C(=O)OCCOCC=C)C(=O)OC)cc1)C(=O)OC. The molecule has 1 aromatic carbocycles. The molecule has 46 heavy (non-hydrogen) atoms. The Morgan fingerprint density at radius 3 is 1.72 bits per heavy atom. The van der Waals surface area contributed by atoms with Crippen LogP contribution >= 0.6 is 31.9 Å². The Kier molecular flexibility index (Phi) is 21.2. The number of esters is 3. The number of halogens is 2. The summed E-state index contributed by atoms with van der Waals surface area (Å²) in [6.45, 7) is 12.9. The lowest BCUT2D eigenvalue weighted by Gasteiger charge is -2.26. The van der Waals surface area contributed by atoms with Crippen LogP contribution in [0, 0.1) is 11.8 Å². The maximum absolute atomic E-state index is 12.7.